The van der Waals surface area contributed by atoms with Gasteiger partial charge in [-0.3, -0.25) is 14.9 Å². The Hall–Kier alpha value is -3.77. The first-order chi connectivity index (χ1) is 15.4. The van der Waals surface area contributed by atoms with Crippen LogP contribution in [0.25, 0.3) is 22.3 Å². The Labute approximate surface area is 188 Å². The highest BCUT2D eigenvalue weighted by Gasteiger charge is 2.16. The molecular weight excluding hydrogens is 398 g/mol. The van der Waals surface area contributed by atoms with Gasteiger partial charge in [0.1, 0.15) is 0 Å². The van der Waals surface area contributed by atoms with Crippen molar-refractivity contribution in [1.82, 2.24) is 20.1 Å². The van der Waals surface area contributed by atoms with Crippen LogP contribution < -0.4 is 5.73 Å². The Balaban J connectivity index is 1.49. The molecule has 1 amide bonds. The fraction of sp³-hybridized carbons (Fsp3) is 0.192. The maximum absolute atomic E-state index is 11.6. The topological polar surface area (TPSA) is 87.9 Å². The van der Waals surface area contributed by atoms with Crippen LogP contribution in [0, 0.1) is 6.92 Å². The molecule has 0 unspecified atom stereocenters. The number of pyridine rings is 1. The summed E-state index contributed by atoms with van der Waals surface area (Å²) in [6.07, 6.45) is 4.65. The van der Waals surface area contributed by atoms with E-state index in [1.807, 2.05) is 31.5 Å². The first kappa shape index (κ1) is 21.5. The van der Waals surface area contributed by atoms with Crippen molar-refractivity contribution in [2.24, 2.45) is 5.73 Å². The number of hydrogen-bond acceptors (Lipinski definition) is 4. The second kappa shape index (κ2) is 9.16. The number of benzene rings is 2. The van der Waals surface area contributed by atoms with Crippen molar-refractivity contribution in [3.05, 3.63) is 95.1 Å². The van der Waals surface area contributed by atoms with E-state index < -0.39 is 5.91 Å². The third-order valence-corrected chi connectivity index (χ3v) is 5.41. The van der Waals surface area contributed by atoms with E-state index in [2.05, 4.69) is 76.6 Å². The van der Waals surface area contributed by atoms with Crippen molar-refractivity contribution < 1.29 is 4.79 Å². The molecule has 4 rings (SSSR count). The number of carbonyl (C=O) groups is 1. The number of carbonyl (C=O) groups excluding carboxylic acids is 1. The molecule has 6 nitrogen and oxygen atoms in total. The average molecular weight is 426 g/mol. The minimum absolute atomic E-state index is 0.273. The first-order valence-corrected chi connectivity index (χ1v) is 10.5. The van der Waals surface area contributed by atoms with E-state index in [1.54, 1.807) is 0 Å². The number of nitrogens with zero attached hydrogens (tertiary/aromatic N) is 3. The molecule has 2 aromatic carbocycles. The fourth-order valence-electron chi connectivity index (χ4n) is 3.90. The number of nitrogens with two attached hydrogens (primary N) is 1. The molecule has 0 saturated carbocycles. The molecule has 0 bridgehead atoms. The maximum atomic E-state index is 11.6. The normalized spacial score (nSPS) is 11.1. The number of aryl methyl sites for hydroxylation is 1. The van der Waals surface area contributed by atoms with Crippen LogP contribution in [0.2, 0.25) is 0 Å². The molecule has 0 aliphatic carbocycles. The van der Waals surface area contributed by atoms with Crippen LogP contribution in [0.3, 0.4) is 0 Å². The van der Waals surface area contributed by atoms with Gasteiger partial charge in [0.25, 0.3) is 5.91 Å². The molecule has 2 heterocycles. The van der Waals surface area contributed by atoms with Crippen LogP contribution in [0.4, 0.5) is 0 Å². The van der Waals surface area contributed by atoms with Gasteiger partial charge in [0.05, 0.1) is 0 Å². The zero-order valence-corrected chi connectivity index (χ0v) is 18.6. The lowest BCUT2D eigenvalue weighted by atomic mass is 9.97. The summed E-state index contributed by atoms with van der Waals surface area (Å²) in [7, 11) is 4.11. The molecule has 2 aromatic heterocycles. The van der Waals surface area contributed by atoms with Crippen molar-refractivity contribution in [1.29, 1.82) is 0 Å². The molecule has 162 valence electrons. The second-order valence-electron chi connectivity index (χ2n) is 8.33. The number of nitrogens with one attached hydrogen (secondary N) is 1. The van der Waals surface area contributed by atoms with Gasteiger partial charge >= 0.3 is 0 Å². The Morgan fingerprint density at radius 1 is 0.906 bits per heavy atom. The van der Waals surface area contributed by atoms with Gasteiger partial charge in [0.2, 0.25) is 0 Å². The predicted molar refractivity (Wildman–Crippen MR) is 127 cm³/mol. The zero-order chi connectivity index (χ0) is 22.7. The Bertz CT molecular complexity index is 1220. The third kappa shape index (κ3) is 4.76. The number of aromatic nitrogens is 3. The third-order valence-electron chi connectivity index (χ3n) is 5.41. The minimum atomic E-state index is -0.532. The van der Waals surface area contributed by atoms with Gasteiger partial charge in [-0.1, -0.05) is 48.5 Å². The highest BCUT2D eigenvalue weighted by atomic mass is 16.1. The average Bonchev–Trinajstić information content (AvgIpc) is 3.16. The maximum Gasteiger partial charge on any atom is 0.269 e. The molecule has 0 saturated heterocycles. The van der Waals surface area contributed by atoms with E-state index >= 15 is 0 Å². The summed E-state index contributed by atoms with van der Waals surface area (Å²) < 4.78 is 0. The van der Waals surface area contributed by atoms with E-state index in [4.69, 9.17) is 5.73 Å². The van der Waals surface area contributed by atoms with Crippen molar-refractivity contribution in [2.75, 3.05) is 14.1 Å². The lowest BCUT2D eigenvalue weighted by molar-refractivity contribution is 0.0996. The highest BCUT2D eigenvalue weighted by molar-refractivity contribution is 5.98. The molecule has 0 spiro atoms. The van der Waals surface area contributed by atoms with E-state index in [-0.39, 0.29) is 5.69 Å². The van der Waals surface area contributed by atoms with E-state index in [0.717, 1.165) is 40.9 Å². The number of H-pyrrole nitrogens is 1. The number of rotatable bonds is 7. The lowest BCUT2D eigenvalue weighted by Gasteiger charge is -2.11. The summed E-state index contributed by atoms with van der Waals surface area (Å²) in [6, 6.07) is 19.0. The second-order valence-corrected chi connectivity index (χ2v) is 8.33. The van der Waals surface area contributed by atoms with Crippen molar-refractivity contribution in [3.8, 4) is 22.3 Å². The van der Waals surface area contributed by atoms with Crippen LogP contribution in [0.1, 0.15) is 32.9 Å². The molecule has 3 N–H and O–H groups in total. The standard InChI is InChI=1S/C26H27N5O/c1-17-24(25(26(27)32)30-29-17)22-10-6-19(7-11-22)12-18-4-8-21(9-5-18)23-13-20(14-28-15-23)16-31(2)3/h4-11,13-15H,12,16H2,1-3H3,(H2,27,32)(H,29,30). The molecule has 0 aliphatic rings. The number of aromatic amines is 1. The summed E-state index contributed by atoms with van der Waals surface area (Å²) in [4.78, 5) is 18.2. The van der Waals surface area contributed by atoms with E-state index in [1.165, 1.54) is 16.7 Å². The quantitative estimate of drug-likeness (QED) is 0.465. The van der Waals surface area contributed by atoms with Gasteiger partial charge in [-0.2, -0.15) is 5.10 Å². The summed E-state index contributed by atoms with van der Waals surface area (Å²) in [6.45, 7) is 2.75. The van der Waals surface area contributed by atoms with Gasteiger partial charge in [0.15, 0.2) is 5.69 Å². The minimum Gasteiger partial charge on any atom is -0.364 e. The highest BCUT2D eigenvalue weighted by Crippen LogP contribution is 2.27. The molecule has 0 radical (unpaired) electrons. The van der Waals surface area contributed by atoms with Gasteiger partial charge in [-0.25, -0.2) is 0 Å². The molecule has 4 aromatic rings. The smallest absolute Gasteiger partial charge is 0.269 e. The largest absolute Gasteiger partial charge is 0.364 e. The number of primary amides is 1. The van der Waals surface area contributed by atoms with Crippen LogP contribution in [0.5, 0.6) is 0 Å². The van der Waals surface area contributed by atoms with Crippen LogP contribution >= 0.6 is 0 Å². The van der Waals surface area contributed by atoms with Crippen LogP contribution in [-0.2, 0) is 13.0 Å². The van der Waals surface area contributed by atoms with Gasteiger partial charge < -0.3 is 10.6 Å². The molecular formula is C26H27N5O. The zero-order valence-electron chi connectivity index (χ0n) is 18.6. The molecule has 6 heteroatoms. The molecule has 32 heavy (non-hydrogen) atoms. The lowest BCUT2D eigenvalue weighted by Crippen LogP contribution is -2.12. The van der Waals surface area contributed by atoms with Crippen LogP contribution in [0.15, 0.2) is 67.0 Å². The number of amides is 1. The van der Waals surface area contributed by atoms with E-state index in [9.17, 15) is 4.79 Å². The van der Waals surface area contributed by atoms with Gasteiger partial charge in [0, 0.05) is 35.8 Å². The predicted octanol–water partition coefficient (Wildman–Crippen LogP) is 4.20. The molecule has 0 atom stereocenters. The summed E-state index contributed by atoms with van der Waals surface area (Å²) in [5.74, 6) is -0.532. The van der Waals surface area contributed by atoms with Crippen LogP contribution in [-0.4, -0.2) is 40.1 Å². The van der Waals surface area contributed by atoms with Gasteiger partial charge in [-0.15, -0.1) is 0 Å². The van der Waals surface area contributed by atoms with Gasteiger partial charge in [-0.05, 0) is 61.3 Å². The van der Waals surface area contributed by atoms with Crippen molar-refractivity contribution in [3.63, 3.8) is 0 Å². The molecule has 0 fully saturated rings. The van der Waals surface area contributed by atoms with E-state index in [0.29, 0.717) is 0 Å². The Morgan fingerprint density at radius 3 is 2.12 bits per heavy atom. The number of hydrogen-bond donors (Lipinski definition) is 2. The van der Waals surface area contributed by atoms with Crippen molar-refractivity contribution in [2.45, 2.75) is 19.9 Å². The SMILES string of the molecule is Cc1[nH]nc(C(N)=O)c1-c1ccc(Cc2ccc(-c3cncc(CN(C)C)c3)cc2)cc1. The first-order valence-electron chi connectivity index (χ1n) is 10.5. The van der Waals surface area contributed by atoms with Crippen molar-refractivity contribution >= 4 is 5.91 Å². The summed E-state index contributed by atoms with van der Waals surface area (Å²) >= 11 is 0. The fourth-order valence-corrected chi connectivity index (χ4v) is 3.90. The Morgan fingerprint density at radius 2 is 1.53 bits per heavy atom. The molecule has 0 aliphatic heterocycles. The summed E-state index contributed by atoms with van der Waals surface area (Å²) in [5.41, 5.74) is 14.1. The monoisotopic (exact) mass is 425 g/mol. The summed E-state index contributed by atoms with van der Waals surface area (Å²) in [5, 5.41) is 6.87. The Kier molecular flexibility index (Phi) is 6.14.